The van der Waals surface area contributed by atoms with E-state index in [-0.39, 0.29) is 6.26 Å². The molecule has 0 amide bonds. The Balaban J connectivity index is 4.00. The molecule has 0 aromatic heterocycles. The van der Waals surface area contributed by atoms with E-state index in [1.165, 1.54) is 0 Å². The van der Waals surface area contributed by atoms with Crippen LogP contribution in [-0.4, -0.2) is 12.3 Å². The molecule has 0 aliphatic heterocycles. The summed E-state index contributed by atoms with van der Waals surface area (Å²) in [5.74, 6) is 0. The lowest BCUT2D eigenvalue weighted by Gasteiger charge is -2.16. The molecule has 11 heavy (non-hydrogen) atoms. The normalized spacial score (nSPS) is 12.8. The molecule has 0 saturated heterocycles. The van der Waals surface area contributed by atoms with Crippen LogP contribution in [0.1, 0.15) is 6.42 Å². The highest BCUT2D eigenvalue weighted by atomic mass is 19.4. The average molecular weight is 176 g/mol. The van der Waals surface area contributed by atoms with Gasteiger partial charge in [0.15, 0.2) is 0 Å². The molecule has 6 heteroatoms. The molecule has 0 aromatic rings. The first kappa shape index (κ1) is 10.2. The lowest BCUT2D eigenvalue weighted by atomic mass is 10.4. The van der Waals surface area contributed by atoms with E-state index in [4.69, 9.17) is 0 Å². The fraction of sp³-hybridized carbons (Fsp3) is 0.600. The Morgan fingerprint density at radius 1 is 1.18 bits per heavy atom. The van der Waals surface area contributed by atoms with E-state index in [9.17, 15) is 22.0 Å². The zero-order chi connectivity index (χ0) is 9.12. The Morgan fingerprint density at radius 3 is 1.91 bits per heavy atom. The minimum Gasteiger partial charge on any atom is -0.441 e. The van der Waals surface area contributed by atoms with Crippen molar-refractivity contribution in [3.05, 3.63) is 12.8 Å². The first-order chi connectivity index (χ1) is 4.77. The summed E-state index contributed by atoms with van der Waals surface area (Å²) in [6.45, 7) is 2.71. The second-order valence-electron chi connectivity index (χ2n) is 1.71. The summed E-state index contributed by atoms with van der Waals surface area (Å²) in [5, 5.41) is 0. The van der Waals surface area contributed by atoms with Crippen molar-refractivity contribution in [2.24, 2.45) is 0 Å². The third-order valence-corrected chi connectivity index (χ3v) is 0.662. The van der Waals surface area contributed by atoms with E-state index >= 15 is 0 Å². The van der Waals surface area contributed by atoms with Gasteiger partial charge in [-0.1, -0.05) is 6.58 Å². The van der Waals surface area contributed by atoms with Crippen LogP contribution in [0.5, 0.6) is 0 Å². The first-order valence-corrected chi connectivity index (χ1v) is 2.50. The highest BCUT2D eigenvalue weighted by Gasteiger charge is 2.44. The smallest absolute Gasteiger partial charge is 0.406 e. The molecular weight excluding hydrogens is 171 g/mol. The van der Waals surface area contributed by atoms with Crippen LogP contribution >= 0.6 is 0 Å². The summed E-state index contributed by atoms with van der Waals surface area (Å²) < 4.78 is 61.0. The molecule has 1 nitrogen and oxygen atoms in total. The van der Waals surface area contributed by atoms with E-state index < -0.39 is 18.7 Å². The minimum absolute atomic E-state index is 0.270. The van der Waals surface area contributed by atoms with Gasteiger partial charge in [-0.05, 0) is 0 Å². The maximum atomic E-state index is 11.9. The Labute approximate surface area is 59.5 Å². The molecule has 0 rings (SSSR count). The zero-order valence-electron chi connectivity index (χ0n) is 5.29. The van der Waals surface area contributed by atoms with E-state index in [0.717, 1.165) is 0 Å². The van der Waals surface area contributed by atoms with Crippen molar-refractivity contribution in [2.45, 2.75) is 18.7 Å². The molecule has 0 saturated carbocycles. The first-order valence-electron chi connectivity index (χ1n) is 2.50. The van der Waals surface area contributed by atoms with Crippen LogP contribution in [0, 0.1) is 0 Å². The fourth-order valence-corrected chi connectivity index (χ4v) is 0.397. The SMILES string of the molecule is C=COC(F)(F)CC(F)(F)F. The molecule has 0 aliphatic rings. The number of alkyl halides is 5. The van der Waals surface area contributed by atoms with Crippen LogP contribution in [0.3, 0.4) is 0 Å². The van der Waals surface area contributed by atoms with Crippen molar-refractivity contribution in [1.29, 1.82) is 0 Å². The number of halogens is 5. The highest BCUT2D eigenvalue weighted by molar-refractivity contribution is 4.64. The molecule has 0 unspecified atom stereocenters. The molecule has 0 bridgehead atoms. The van der Waals surface area contributed by atoms with Crippen molar-refractivity contribution in [3.8, 4) is 0 Å². The summed E-state index contributed by atoms with van der Waals surface area (Å²) in [6.07, 6.45) is -11.2. The highest BCUT2D eigenvalue weighted by Crippen LogP contribution is 2.32. The topological polar surface area (TPSA) is 9.23 Å². The van der Waals surface area contributed by atoms with Gasteiger partial charge in [-0.25, -0.2) is 0 Å². The van der Waals surface area contributed by atoms with Crippen molar-refractivity contribution in [1.82, 2.24) is 0 Å². The average Bonchev–Trinajstić information content (AvgIpc) is 1.55. The third-order valence-electron chi connectivity index (χ3n) is 0.662. The second-order valence-corrected chi connectivity index (χ2v) is 1.71. The van der Waals surface area contributed by atoms with Gasteiger partial charge in [0.05, 0.1) is 6.26 Å². The Morgan fingerprint density at radius 2 is 1.64 bits per heavy atom. The standard InChI is InChI=1S/C5H5F5O/c1-2-11-5(9,10)3-4(6,7)8/h2H,1,3H2. The van der Waals surface area contributed by atoms with E-state index in [0.29, 0.717) is 0 Å². The largest absolute Gasteiger partial charge is 0.441 e. The van der Waals surface area contributed by atoms with Gasteiger partial charge in [0.1, 0.15) is 6.42 Å². The summed E-state index contributed by atoms with van der Waals surface area (Å²) in [4.78, 5) is 0. The van der Waals surface area contributed by atoms with Crippen LogP contribution < -0.4 is 0 Å². The minimum atomic E-state index is -4.94. The van der Waals surface area contributed by atoms with E-state index in [1.807, 2.05) is 0 Å². The maximum absolute atomic E-state index is 11.9. The molecule has 0 aromatic carbocycles. The molecular formula is C5H5F5O. The van der Waals surface area contributed by atoms with E-state index in [1.54, 1.807) is 0 Å². The fourth-order valence-electron chi connectivity index (χ4n) is 0.397. The quantitative estimate of drug-likeness (QED) is 0.474. The van der Waals surface area contributed by atoms with Gasteiger partial charge in [-0.2, -0.15) is 22.0 Å². The molecule has 0 radical (unpaired) electrons. The number of ether oxygens (including phenoxy) is 1. The van der Waals surface area contributed by atoms with Crippen LogP contribution in [0.25, 0.3) is 0 Å². The monoisotopic (exact) mass is 176 g/mol. The van der Waals surface area contributed by atoms with Gasteiger partial charge in [-0.15, -0.1) is 0 Å². The van der Waals surface area contributed by atoms with Crippen LogP contribution in [-0.2, 0) is 4.74 Å². The van der Waals surface area contributed by atoms with Gasteiger partial charge in [0.2, 0.25) is 0 Å². The van der Waals surface area contributed by atoms with Gasteiger partial charge in [0, 0.05) is 0 Å². The van der Waals surface area contributed by atoms with Crippen LogP contribution in [0.15, 0.2) is 12.8 Å². The zero-order valence-corrected chi connectivity index (χ0v) is 5.29. The summed E-state index contributed by atoms with van der Waals surface area (Å²) in [7, 11) is 0. The molecule has 0 fully saturated rings. The van der Waals surface area contributed by atoms with Crippen molar-refractivity contribution in [2.75, 3.05) is 0 Å². The summed E-state index contributed by atoms with van der Waals surface area (Å²) >= 11 is 0. The van der Waals surface area contributed by atoms with E-state index in [2.05, 4.69) is 11.3 Å². The van der Waals surface area contributed by atoms with Gasteiger partial charge >= 0.3 is 12.3 Å². The Hall–Kier alpha value is -0.810. The van der Waals surface area contributed by atoms with Gasteiger partial charge < -0.3 is 4.74 Å². The molecule has 0 heterocycles. The predicted octanol–water partition coefficient (Wildman–Crippen LogP) is 2.69. The number of rotatable bonds is 3. The molecule has 0 spiro atoms. The lowest BCUT2D eigenvalue weighted by molar-refractivity contribution is -0.271. The third kappa shape index (κ3) is 5.63. The second kappa shape index (κ2) is 3.06. The molecule has 0 N–H and O–H groups in total. The molecule has 0 aliphatic carbocycles. The number of hydrogen-bond donors (Lipinski definition) is 0. The number of hydrogen-bond acceptors (Lipinski definition) is 1. The summed E-state index contributed by atoms with van der Waals surface area (Å²) in [5.41, 5.74) is 0. The van der Waals surface area contributed by atoms with Gasteiger partial charge in [-0.3, -0.25) is 0 Å². The van der Waals surface area contributed by atoms with Crippen molar-refractivity contribution in [3.63, 3.8) is 0 Å². The Bertz CT molecular complexity index is 138. The maximum Gasteiger partial charge on any atom is 0.406 e. The molecule has 66 valence electrons. The molecule has 0 atom stereocenters. The lowest BCUT2D eigenvalue weighted by Crippen LogP contribution is -2.26. The van der Waals surface area contributed by atoms with Crippen molar-refractivity contribution < 1.29 is 26.7 Å². The summed E-state index contributed by atoms with van der Waals surface area (Å²) in [6, 6.07) is 0. The van der Waals surface area contributed by atoms with Crippen LogP contribution in [0.4, 0.5) is 22.0 Å². The Kier molecular flexibility index (Phi) is 2.84. The van der Waals surface area contributed by atoms with Crippen LogP contribution in [0.2, 0.25) is 0 Å². The van der Waals surface area contributed by atoms with Gasteiger partial charge in [0.25, 0.3) is 0 Å². The van der Waals surface area contributed by atoms with Crippen molar-refractivity contribution >= 4 is 0 Å². The predicted molar refractivity (Wildman–Crippen MR) is 26.9 cm³/mol.